The van der Waals surface area contributed by atoms with Crippen LogP contribution in [0.3, 0.4) is 0 Å². The molecule has 0 saturated carbocycles. The Kier molecular flexibility index (Phi) is 4.65. The molecule has 0 aliphatic heterocycles. The average Bonchev–Trinajstić information content (AvgIpc) is 2.24. The molecule has 4 heteroatoms. The molecule has 0 fully saturated rings. The third-order valence-corrected chi connectivity index (χ3v) is 2.80. The maximum Gasteiger partial charge on any atom is 0.186 e. The lowest BCUT2D eigenvalue weighted by atomic mass is 10.0. The molecule has 3 nitrogen and oxygen atoms in total. The predicted octanol–water partition coefficient (Wildman–Crippen LogP) is 3.16. The van der Waals surface area contributed by atoms with Crippen molar-refractivity contribution in [3.8, 4) is 0 Å². The van der Waals surface area contributed by atoms with Crippen LogP contribution < -0.4 is 5.32 Å². The van der Waals surface area contributed by atoms with E-state index in [9.17, 15) is 4.39 Å². The summed E-state index contributed by atoms with van der Waals surface area (Å²) in [5.74, 6) is 0.593. The molecule has 0 bridgehead atoms. The van der Waals surface area contributed by atoms with Crippen LogP contribution in [0.5, 0.6) is 0 Å². The van der Waals surface area contributed by atoms with Crippen LogP contribution in [-0.2, 0) is 0 Å². The van der Waals surface area contributed by atoms with E-state index < -0.39 is 0 Å². The second-order valence-electron chi connectivity index (χ2n) is 4.42. The standard InChI is InChI=1S/C12H20FN3/c1-5-8(2)6-9(3)16-12-11(13)10(4)14-7-15-12/h7-9H,5-6H2,1-4H3,(H,14,15,16). The van der Waals surface area contributed by atoms with Crippen molar-refractivity contribution in [3.05, 3.63) is 17.8 Å². The molecule has 1 aromatic rings. The molecule has 90 valence electrons. The second-order valence-corrected chi connectivity index (χ2v) is 4.42. The first kappa shape index (κ1) is 12.9. The van der Waals surface area contributed by atoms with Gasteiger partial charge in [0, 0.05) is 6.04 Å². The van der Waals surface area contributed by atoms with E-state index in [4.69, 9.17) is 0 Å². The minimum absolute atomic E-state index is 0.221. The molecular weight excluding hydrogens is 205 g/mol. The Morgan fingerprint density at radius 1 is 1.38 bits per heavy atom. The van der Waals surface area contributed by atoms with Gasteiger partial charge in [-0.05, 0) is 26.2 Å². The zero-order valence-electron chi connectivity index (χ0n) is 10.4. The molecule has 1 aromatic heterocycles. The SMILES string of the molecule is CCC(C)CC(C)Nc1ncnc(C)c1F. The van der Waals surface area contributed by atoms with Gasteiger partial charge in [0.05, 0.1) is 5.69 Å². The van der Waals surface area contributed by atoms with Crippen molar-refractivity contribution in [1.29, 1.82) is 0 Å². The summed E-state index contributed by atoms with van der Waals surface area (Å²) in [5.41, 5.74) is 0.383. The Morgan fingerprint density at radius 3 is 2.69 bits per heavy atom. The number of aromatic nitrogens is 2. The van der Waals surface area contributed by atoms with Crippen molar-refractivity contribution < 1.29 is 4.39 Å². The molecule has 2 atom stereocenters. The molecule has 0 aliphatic carbocycles. The summed E-state index contributed by atoms with van der Waals surface area (Å²) in [6.07, 6.45) is 3.53. The van der Waals surface area contributed by atoms with Gasteiger partial charge in [-0.3, -0.25) is 0 Å². The van der Waals surface area contributed by atoms with Gasteiger partial charge in [0.1, 0.15) is 6.33 Å². The number of anilines is 1. The van der Waals surface area contributed by atoms with Crippen LogP contribution in [0.4, 0.5) is 10.2 Å². The number of halogens is 1. The molecule has 0 radical (unpaired) electrons. The molecular formula is C12H20FN3. The number of rotatable bonds is 5. The summed E-state index contributed by atoms with van der Waals surface area (Å²) in [7, 11) is 0. The van der Waals surface area contributed by atoms with E-state index >= 15 is 0 Å². The van der Waals surface area contributed by atoms with Crippen LogP contribution in [0.1, 0.15) is 39.3 Å². The van der Waals surface area contributed by atoms with E-state index in [0.717, 1.165) is 12.8 Å². The Balaban J connectivity index is 2.62. The van der Waals surface area contributed by atoms with Gasteiger partial charge in [0.25, 0.3) is 0 Å². The largest absolute Gasteiger partial charge is 0.365 e. The van der Waals surface area contributed by atoms with E-state index in [-0.39, 0.29) is 11.9 Å². The number of hydrogen-bond acceptors (Lipinski definition) is 3. The first-order valence-corrected chi connectivity index (χ1v) is 5.78. The van der Waals surface area contributed by atoms with E-state index in [0.29, 0.717) is 17.4 Å². The lowest BCUT2D eigenvalue weighted by Gasteiger charge is -2.18. The molecule has 0 saturated heterocycles. The fourth-order valence-corrected chi connectivity index (χ4v) is 1.62. The summed E-state index contributed by atoms with van der Waals surface area (Å²) in [6.45, 7) is 8.04. The number of aryl methyl sites for hydroxylation is 1. The highest BCUT2D eigenvalue weighted by Gasteiger charge is 2.12. The molecule has 2 unspecified atom stereocenters. The van der Waals surface area contributed by atoms with Crippen molar-refractivity contribution in [2.75, 3.05) is 5.32 Å². The van der Waals surface area contributed by atoms with Gasteiger partial charge >= 0.3 is 0 Å². The lowest BCUT2D eigenvalue weighted by Crippen LogP contribution is -2.20. The first-order chi connectivity index (χ1) is 7.54. The van der Waals surface area contributed by atoms with Crippen molar-refractivity contribution in [2.24, 2.45) is 5.92 Å². The molecule has 1 N–H and O–H groups in total. The highest BCUT2D eigenvalue weighted by atomic mass is 19.1. The van der Waals surface area contributed by atoms with Crippen molar-refractivity contribution in [3.63, 3.8) is 0 Å². The van der Waals surface area contributed by atoms with Gasteiger partial charge in [-0.1, -0.05) is 20.3 Å². The van der Waals surface area contributed by atoms with E-state index in [1.807, 2.05) is 6.92 Å². The summed E-state index contributed by atoms with van der Waals surface area (Å²) in [5, 5.41) is 3.09. The molecule has 16 heavy (non-hydrogen) atoms. The van der Waals surface area contributed by atoms with Crippen LogP contribution in [0, 0.1) is 18.7 Å². The second kappa shape index (κ2) is 5.77. The van der Waals surface area contributed by atoms with Gasteiger partial charge in [-0.15, -0.1) is 0 Å². The predicted molar refractivity (Wildman–Crippen MR) is 63.9 cm³/mol. The topological polar surface area (TPSA) is 37.8 Å². The van der Waals surface area contributed by atoms with Crippen LogP contribution in [-0.4, -0.2) is 16.0 Å². The zero-order chi connectivity index (χ0) is 12.1. The van der Waals surface area contributed by atoms with Crippen molar-refractivity contribution in [1.82, 2.24) is 9.97 Å². The maximum atomic E-state index is 13.6. The van der Waals surface area contributed by atoms with Crippen LogP contribution in [0.2, 0.25) is 0 Å². The lowest BCUT2D eigenvalue weighted by molar-refractivity contribution is 0.480. The third-order valence-electron chi connectivity index (χ3n) is 2.80. The Bertz CT molecular complexity index is 341. The quantitative estimate of drug-likeness (QED) is 0.836. The average molecular weight is 225 g/mol. The van der Waals surface area contributed by atoms with Gasteiger partial charge < -0.3 is 5.32 Å². The fourth-order valence-electron chi connectivity index (χ4n) is 1.62. The summed E-state index contributed by atoms with van der Waals surface area (Å²) < 4.78 is 13.6. The Morgan fingerprint density at radius 2 is 2.06 bits per heavy atom. The number of nitrogens with one attached hydrogen (secondary N) is 1. The van der Waals surface area contributed by atoms with Crippen molar-refractivity contribution in [2.45, 2.75) is 46.6 Å². The maximum absolute atomic E-state index is 13.6. The zero-order valence-corrected chi connectivity index (χ0v) is 10.4. The summed E-state index contributed by atoms with van der Waals surface area (Å²) >= 11 is 0. The van der Waals surface area contributed by atoms with Crippen LogP contribution in [0.25, 0.3) is 0 Å². The van der Waals surface area contributed by atoms with E-state index in [1.54, 1.807) is 6.92 Å². The molecule has 1 heterocycles. The number of hydrogen-bond donors (Lipinski definition) is 1. The highest BCUT2D eigenvalue weighted by Crippen LogP contribution is 2.16. The van der Waals surface area contributed by atoms with Crippen molar-refractivity contribution >= 4 is 5.82 Å². The Hall–Kier alpha value is -1.19. The molecule has 0 aliphatic rings. The fraction of sp³-hybridized carbons (Fsp3) is 0.667. The van der Waals surface area contributed by atoms with Crippen LogP contribution in [0.15, 0.2) is 6.33 Å². The molecule has 0 aromatic carbocycles. The molecule has 1 rings (SSSR count). The number of nitrogens with zero attached hydrogens (tertiary/aromatic N) is 2. The first-order valence-electron chi connectivity index (χ1n) is 5.78. The minimum Gasteiger partial charge on any atom is -0.365 e. The van der Waals surface area contributed by atoms with E-state index in [1.165, 1.54) is 6.33 Å². The molecule has 0 spiro atoms. The van der Waals surface area contributed by atoms with Gasteiger partial charge in [0.15, 0.2) is 11.6 Å². The minimum atomic E-state index is -0.349. The normalized spacial score (nSPS) is 14.6. The monoisotopic (exact) mass is 225 g/mol. The summed E-state index contributed by atoms with van der Waals surface area (Å²) in [4.78, 5) is 7.71. The van der Waals surface area contributed by atoms with Crippen LogP contribution >= 0.6 is 0 Å². The van der Waals surface area contributed by atoms with Gasteiger partial charge in [0.2, 0.25) is 0 Å². The third kappa shape index (κ3) is 3.43. The Labute approximate surface area is 96.5 Å². The summed E-state index contributed by atoms with van der Waals surface area (Å²) in [6, 6.07) is 0.221. The molecule has 0 amide bonds. The van der Waals surface area contributed by atoms with Gasteiger partial charge in [-0.2, -0.15) is 0 Å². The smallest absolute Gasteiger partial charge is 0.186 e. The van der Waals surface area contributed by atoms with Gasteiger partial charge in [-0.25, -0.2) is 14.4 Å². The highest BCUT2D eigenvalue weighted by molar-refractivity contribution is 5.37. The van der Waals surface area contributed by atoms with E-state index in [2.05, 4.69) is 29.1 Å².